The van der Waals surface area contributed by atoms with Crippen molar-refractivity contribution < 1.29 is 23.5 Å². The van der Waals surface area contributed by atoms with Gasteiger partial charge in [-0.25, -0.2) is 14.0 Å². The van der Waals surface area contributed by atoms with E-state index in [0.717, 1.165) is 13.2 Å². The largest absolute Gasteiger partial charge is 0.465 e. The van der Waals surface area contributed by atoms with Gasteiger partial charge in [0, 0.05) is 11.5 Å². The third kappa shape index (κ3) is 3.31. The number of carbonyl (C=O) groups is 2. The zero-order valence-corrected chi connectivity index (χ0v) is 9.24. The summed E-state index contributed by atoms with van der Waals surface area (Å²) in [7, 11) is 2.35. The van der Waals surface area contributed by atoms with Gasteiger partial charge in [0.2, 0.25) is 0 Å². The van der Waals surface area contributed by atoms with E-state index in [-0.39, 0.29) is 11.1 Å². The first kappa shape index (κ1) is 12.7. The topological polar surface area (TPSA) is 52.6 Å². The number of methoxy groups -OCH3 is 2. The van der Waals surface area contributed by atoms with E-state index in [0.29, 0.717) is 0 Å². The first-order valence-corrected chi connectivity index (χ1v) is 4.56. The number of ether oxygens (including phenoxy) is 2. The fourth-order valence-corrected chi connectivity index (χ4v) is 1.04. The highest BCUT2D eigenvalue weighted by Crippen LogP contribution is 2.10. The van der Waals surface area contributed by atoms with Gasteiger partial charge in [0.25, 0.3) is 0 Å². The summed E-state index contributed by atoms with van der Waals surface area (Å²) in [5.74, 6) is 2.30. The van der Waals surface area contributed by atoms with Crippen molar-refractivity contribution in [1.29, 1.82) is 0 Å². The van der Waals surface area contributed by atoms with Crippen LogP contribution in [0.4, 0.5) is 4.39 Å². The highest BCUT2D eigenvalue weighted by molar-refractivity contribution is 5.90. The molecule has 0 bridgehead atoms. The summed E-state index contributed by atoms with van der Waals surface area (Å²) in [5.41, 5.74) is 0.0803. The van der Waals surface area contributed by atoms with Crippen LogP contribution in [-0.4, -0.2) is 26.2 Å². The first-order chi connectivity index (χ1) is 8.08. The molecule has 0 amide bonds. The van der Waals surface area contributed by atoms with Crippen molar-refractivity contribution in [2.75, 3.05) is 14.2 Å². The van der Waals surface area contributed by atoms with Gasteiger partial charge in [-0.15, -0.1) is 0 Å². The number of benzene rings is 1. The van der Waals surface area contributed by atoms with E-state index in [9.17, 15) is 14.0 Å². The molecular formula is C12H9FO4. The molecule has 5 heteroatoms. The summed E-state index contributed by atoms with van der Waals surface area (Å²) >= 11 is 0. The van der Waals surface area contributed by atoms with Crippen LogP contribution in [0.25, 0.3) is 0 Å². The standard InChI is InChI=1S/C12H9FO4/c1-16-11(14)6-4-8-3-5-9(10(13)7-8)12(15)17-2/h3,5,7H,1-2H3. The van der Waals surface area contributed by atoms with Gasteiger partial charge >= 0.3 is 11.9 Å². The van der Waals surface area contributed by atoms with Crippen LogP contribution in [0, 0.1) is 17.7 Å². The van der Waals surface area contributed by atoms with E-state index in [4.69, 9.17) is 0 Å². The summed E-state index contributed by atoms with van der Waals surface area (Å²) in [6.45, 7) is 0. The molecule has 17 heavy (non-hydrogen) atoms. The monoisotopic (exact) mass is 236 g/mol. The lowest BCUT2D eigenvalue weighted by atomic mass is 10.1. The second kappa shape index (κ2) is 5.66. The maximum absolute atomic E-state index is 13.4. The molecule has 1 aromatic carbocycles. The molecule has 0 saturated carbocycles. The normalized spacial score (nSPS) is 8.88. The number of rotatable bonds is 1. The molecule has 0 aliphatic heterocycles. The van der Waals surface area contributed by atoms with Gasteiger partial charge in [-0.05, 0) is 18.2 Å². The van der Waals surface area contributed by atoms with Crippen molar-refractivity contribution >= 4 is 11.9 Å². The van der Waals surface area contributed by atoms with Crippen molar-refractivity contribution in [3.05, 3.63) is 35.1 Å². The second-order valence-electron chi connectivity index (χ2n) is 2.93. The van der Waals surface area contributed by atoms with Crippen molar-refractivity contribution in [2.45, 2.75) is 0 Å². The van der Waals surface area contributed by atoms with E-state index in [1.807, 2.05) is 0 Å². The van der Waals surface area contributed by atoms with E-state index in [2.05, 4.69) is 21.3 Å². The molecule has 1 rings (SSSR count). The van der Waals surface area contributed by atoms with Crippen LogP contribution in [-0.2, 0) is 14.3 Å². The van der Waals surface area contributed by atoms with E-state index in [1.54, 1.807) is 0 Å². The molecule has 0 atom stereocenters. The Morgan fingerprint density at radius 2 is 1.94 bits per heavy atom. The summed E-state index contributed by atoms with van der Waals surface area (Å²) < 4.78 is 22.1. The van der Waals surface area contributed by atoms with Crippen LogP contribution in [0.3, 0.4) is 0 Å². The number of halogens is 1. The Bertz CT molecular complexity index is 511. The Hall–Kier alpha value is -2.35. The molecule has 88 valence electrons. The lowest BCUT2D eigenvalue weighted by Crippen LogP contribution is -2.04. The maximum atomic E-state index is 13.4. The van der Waals surface area contributed by atoms with E-state index >= 15 is 0 Å². The van der Waals surface area contributed by atoms with Gasteiger partial charge in [-0.1, -0.05) is 5.92 Å². The van der Waals surface area contributed by atoms with Gasteiger partial charge in [0.05, 0.1) is 19.8 Å². The minimum absolute atomic E-state index is 0.184. The molecule has 0 aliphatic rings. The Balaban J connectivity index is 3.00. The van der Waals surface area contributed by atoms with Crippen LogP contribution in [0.1, 0.15) is 15.9 Å². The smallest absolute Gasteiger partial charge is 0.384 e. The lowest BCUT2D eigenvalue weighted by molar-refractivity contribution is -0.133. The molecule has 0 aromatic heterocycles. The van der Waals surface area contributed by atoms with Gasteiger partial charge in [0.1, 0.15) is 5.82 Å². The van der Waals surface area contributed by atoms with Crippen molar-refractivity contribution in [1.82, 2.24) is 0 Å². The molecular weight excluding hydrogens is 227 g/mol. The third-order valence-electron chi connectivity index (χ3n) is 1.87. The van der Waals surface area contributed by atoms with Gasteiger partial charge < -0.3 is 9.47 Å². The second-order valence-corrected chi connectivity index (χ2v) is 2.93. The number of hydrogen-bond donors (Lipinski definition) is 0. The quantitative estimate of drug-likeness (QED) is 0.542. The Labute approximate surface area is 97.3 Å². The first-order valence-electron chi connectivity index (χ1n) is 4.56. The fraction of sp³-hybridized carbons (Fsp3) is 0.167. The lowest BCUT2D eigenvalue weighted by Gasteiger charge is -2.00. The van der Waals surface area contributed by atoms with Crippen molar-refractivity contribution in [3.8, 4) is 11.8 Å². The zero-order chi connectivity index (χ0) is 12.8. The van der Waals surface area contributed by atoms with Crippen molar-refractivity contribution in [3.63, 3.8) is 0 Å². The highest BCUT2D eigenvalue weighted by Gasteiger charge is 2.11. The predicted molar refractivity (Wildman–Crippen MR) is 56.6 cm³/mol. The molecule has 4 nitrogen and oxygen atoms in total. The van der Waals surface area contributed by atoms with Crippen LogP contribution in [0.5, 0.6) is 0 Å². The minimum Gasteiger partial charge on any atom is -0.465 e. The number of carbonyl (C=O) groups excluding carboxylic acids is 2. The molecule has 0 aliphatic carbocycles. The summed E-state index contributed by atoms with van der Waals surface area (Å²) in [6, 6.07) is 3.69. The van der Waals surface area contributed by atoms with Gasteiger partial charge in [-0.2, -0.15) is 0 Å². The average molecular weight is 236 g/mol. The van der Waals surface area contributed by atoms with Gasteiger partial charge in [-0.3, -0.25) is 0 Å². The van der Waals surface area contributed by atoms with E-state index < -0.39 is 17.8 Å². The molecule has 0 heterocycles. The predicted octanol–water partition coefficient (Wildman–Crippen LogP) is 1.14. The van der Waals surface area contributed by atoms with Crippen LogP contribution < -0.4 is 0 Å². The van der Waals surface area contributed by atoms with Crippen LogP contribution in [0.15, 0.2) is 18.2 Å². The Kier molecular flexibility index (Phi) is 4.23. The molecule has 1 aromatic rings. The Morgan fingerprint density at radius 3 is 2.47 bits per heavy atom. The minimum atomic E-state index is -0.769. The average Bonchev–Trinajstić information content (AvgIpc) is 2.35. The van der Waals surface area contributed by atoms with Crippen LogP contribution >= 0.6 is 0 Å². The van der Waals surface area contributed by atoms with E-state index in [1.165, 1.54) is 19.2 Å². The third-order valence-corrected chi connectivity index (χ3v) is 1.87. The zero-order valence-electron chi connectivity index (χ0n) is 9.24. The maximum Gasteiger partial charge on any atom is 0.384 e. The Morgan fingerprint density at radius 1 is 1.24 bits per heavy atom. The van der Waals surface area contributed by atoms with Crippen molar-refractivity contribution in [2.24, 2.45) is 0 Å². The van der Waals surface area contributed by atoms with Crippen LogP contribution in [0.2, 0.25) is 0 Å². The van der Waals surface area contributed by atoms with Gasteiger partial charge in [0.15, 0.2) is 0 Å². The molecule has 0 spiro atoms. The SMILES string of the molecule is COC(=O)C#Cc1ccc(C(=O)OC)c(F)c1. The molecule has 0 fully saturated rings. The summed E-state index contributed by atoms with van der Waals surface area (Å²) in [6.07, 6.45) is 0. The highest BCUT2D eigenvalue weighted by atomic mass is 19.1. The summed E-state index contributed by atoms with van der Waals surface area (Å²) in [4.78, 5) is 21.8. The summed E-state index contributed by atoms with van der Waals surface area (Å²) in [5, 5.41) is 0. The number of esters is 2. The molecule has 0 radical (unpaired) electrons. The fourth-order valence-electron chi connectivity index (χ4n) is 1.04. The molecule has 0 unspecified atom stereocenters. The molecule has 0 saturated heterocycles. The number of hydrogen-bond acceptors (Lipinski definition) is 4. The molecule has 0 N–H and O–H groups in total.